The van der Waals surface area contributed by atoms with E-state index in [0.29, 0.717) is 5.41 Å². The predicted octanol–water partition coefficient (Wildman–Crippen LogP) is 5.18. The first-order valence-electron chi connectivity index (χ1n) is 7.97. The number of unbranched alkanes of at least 4 members (excludes halogenated alkanes) is 1. The van der Waals surface area contributed by atoms with Gasteiger partial charge in [-0.05, 0) is 54.9 Å². The van der Waals surface area contributed by atoms with Crippen LogP contribution in [0.3, 0.4) is 0 Å². The maximum Gasteiger partial charge on any atom is 0.0367 e. The van der Waals surface area contributed by atoms with Crippen LogP contribution < -0.4 is 0 Å². The van der Waals surface area contributed by atoms with Gasteiger partial charge in [0.05, 0.1) is 0 Å². The van der Waals surface area contributed by atoms with Gasteiger partial charge in [-0.2, -0.15) is 0 Å². The van der Waals surface area contributed by atoms with Crippen LogP contribution in [0.2, 0.25) is 0 Å². The fourth-order valence-corrected chi connectivity index (χ4v) is 3.17. The van der Waals surface area contributed by atoms with E-state index < -0.39 is 0 Å². The summed E-state index contributed by atoms with van der Waals surface area (Å²) in [4.78, 5) is 2.49. The van der Waals surface area contributed by atoms with Gasteiger partial charge in [-0.3, -0.25) is 0 Å². The van der Waals surface area contributed by atoms with Crippen molar-refractivity contribution in [1.82, 2.24) is 4.90 Å². The van der Waals surface area contributed by atoms with Crippen molar-refractivity contribution in [2.24, 2.45) is 5.41 Å². The van der Waals surface area contributed by atoms with Crippen molar-refractivity contribution in [1.29, 1.82) is 0 Å². The highest BCUT2D eigenvalue weighted by Crippen LogP contribution is 2.38. The second-order valence-corrected chi connectivity index (χ2v) is 6.83. The molecule has 0 amide bonds. The van der Waals surface area contributed by atoms with Gasteiger partial charge >= 0.3 is 0 Å². The van der Waals surface area contributed by atoms with Crippen LogP contribution >= 0.6 is 0 Å². The molecule has 1 aliphatic heterocycles. The van der Waals surface area contributed by atoms with Gasteiger partial charge in [0.1, 0.15) is 0 Å². The molecular weight excluding hydrogens is 242 g/mol. The fraction of sp³-hybridized carbons (Fsp3) is 0.579. The third kappa shape index (κ3) is 3.26. The van der Waals surface area contributed by atoms with Crippen LogP contribution in [-0.2, 0) is 0 Å². The molecule has 1 aliphatic rings. The second-order valence-electron chi connectivity index (χ2n) is 6.83. The minimum atomic E-state index is 0.485. The molecule has 110 valence electrons. The Hall–Kier alpha value is -1.24. The lowest BCUT2D eigenvalue weighted by Gasteiger charge is -2.27. The van der Waals surface area contributed by atoms with E-state index in [2.05, 4.69) is 57.4 Å². The molecule has 1 heteroatoms. The number of hydrogen-bond donors (Lipinski definition) is 0. The van der Waals surface area contributed by atoms with Crippen molar-refractivity contribution in [2.75, 3.05) is 13.1 Å². The van der Waals surface area contributed by atoms with Gasteiger partial charge in [0, 0.05) is 18.8 Å². The first-order valence-corrected chi connectivity index (χ1v) is 7.97. The van der Waals surface area contributed by atoms with Crippen molar-refractivity contribution in [3.63, 3.8) is 0 Å². The van der Waals surface area contributed by atoms with E-state index in [0.717, 1.165) is 6.54 Å². The third-order valence-corrected chi connectivity index (χ3v) is 4.91. The van der Waals surface area contributed by atoms with Crippen LogP contribution in [0.15, 0.2) is 24.8 Å². The molecule has 1 atom stereocenters. The molecule has 1 aromatic rings. The Balaban J connectivity index is 2.05. The summed E-state index contributed by atoms with van der Waals surface area (Å²) in [5.74, 6) is 0. The molecule has 1 nitrogen and oxygen atoms in total. The third-order valence-electron chi connectivity index (χ3n) is 4.91. The van der Waals surface area contributed by atoms with Gasteiger partial charge in [-0.1, -0.05) is 45.4 Å². The molecule has 0 aliphatic carbocycles. The molecule has 1 fully saturated rings. The number of aryl methyl sites for hydroxylation is 2. The van der Waals surface area contributed by atoms with E-state index in [-0.39, 0.29) is 0 Å². The van der Waals surface area contributed by atoms with Gasteiger partial charge in [-0.25, -0.2) is 0 Å². The van der Waals surface area contributed by atoms with E-state index >= 15 is 0 Å². The van der Waals surface area contributed by atoms with Crippen LogP contribution in [-0.4, -0.2) is 18.0 Å². The smallest absolute Gasteiger partial charge is 0.0367 e. The SMILES string of the molecule is C=C(c1ccc(C)c(C)c1)N1CCC(C)(CCCC)C1. The van der Waals surface area contributed by atoms with Gasteiger partial charge in [-0.15, -0.1) is 0 Å². The molecule has 0 radical (unpaired) electrons. The van der Waals surface area contributed by atoms with Gasteiger partial charge in [0.15, 0.2) is 0 Å². The monoisotopic (exact) mass is 271 g/mol. The molecule has 1 saturated heterocycles. The maximum absolute atomic E-state index is 4.35. The van der Waals surface area contributed by atoms with Crippen molar-refractivity contribution >= 4 is 5.70 Å². The van der Waals surface area contributed by atoms with Gasteiger partial charge in [0.2, 0.25) is 0 Å². The maximum atomic E-state index is 4.35. The Morgan fingerprint density at radius 1 is 1.30 bits per heavy atom. The van der Waals surface area contributed by atoms with E-state index in [1.165, 1.54) is 54.6 Å². The van der Waals surface area contributed by atoms with Crippen LogP contribution in [0.25, 0.3) is 5.70 Å². The minimum Gasteiger partial charge on any atom is -0.371 e. The lowest BCUT2D eigenvalue weighted by molar-refractivity contribution is 0.298. The Labute approximate surface area is 124 Å². The van der Waals surface area contributed by atoms with Crippen molar-refractivity contribution < 1.29 is 0 Å². The average molecular weight is 271 g/mol. The number of benzene rings is 1. The normalized spacial score (nSPS) is 22.3. The Morgan fingerprint density at radius 3 is 2.70 bits per heavy atom. The zero-order chi connectivity index (χ0) is 14.8. The van der Waals surface area contributed by atoms with Crippen LogP contribution in [0.4, 0.5) is 0 Å². The largest absolute Gasteiger partial charge is 0.371 e. The second kappa shape index (κ2) is 6.03. The topological polar surface area (TPSA) is 3.24 Å². The highest BCUT2D eigenvalue weighted by atomic mass is 15.2. The minimum absolute atomic E-state index is 0.485. The molecule has 0 spiro atoms. The Morgan fingerprint density at radius 2 is 2.05 bits per heavy atom. The molecule has 0 N–H and O–H groups in total. The molecule has 1 unspecified atom stereocenters. The van der Waals surface area contributed by atoms with Gasteiger partial charge < -0.3 is 4.90 Å². The number of nitrogens with zero attached hydrogens (tertiary/aromatic N) is 1. The standard InChI is InChI=1S/C19H29N/c1-6-7-10-19(5)11-12-20(14-19)17(4)18-9-8-15(2)16(3)13-18/h8-9,13H,4,6-7,10-12,14H2,1-3,5H3. The average Bonchev–Trinajstić information content (AvgIpc) is 2.82. The van der Waals surface area contributed by atoms with E-state index in [9.17, 15) is 0 Å². The van der Waals surface area contributed by atoms with Crippen LogP contribution in [0, 0.1) is 19.3 Å². The molecular formula is C19H29N. The van der Waals surface area contributed by atoms with Crippen LogP contribution in [0.5, 0.6) is 0 Å². The van der Waals surface area contributed by atoms with E-state index in [4.69, 9.17) is 0 Å². The first kappa shape index (κ1) is 15.2. The van der Waals surface area contributed by atoms with Crippen molar-refractivity contribution in [3.8, 4) is 0 Å². The zero-order valence-corrected chi connectivity index (χ0v) is 13.6. The number of hydrogen-bond acceptors (Lipinski definition) is 1. The summed E-state index contributed by atoms with van der Waals surface area (Å²) >= 11 is 0. The lowest BCUT2D eigenvalue weighted by Crippen LogP contribution is -2.23. The molecule has 1 aromatic carbocycles. The van der Waals surface area contributed by atoms with Crippen molar-refractivity contribution in [2.45, 2.75) is 53.4 Å². The fourth-order valence-electron chi connectivity index (χ4n) is 3.17. The Bertz CT molecular complexity index is 489. The summed E-state index contributed by atoms with van der Waals surface area (Å²) in [6.07, 6.45) is 5.30. The number of rotatable bonds is 5. The Kier molecular flexibility index (Phi) is 4.57. The lowest BCUT2D eigenvalue weighted by atomic mass is 9.84. The first-order chi connectivity index (χ1) is 9.45. The quantitative estimate of drug-likeness (QED) is 0.713. The van der Waals surface area contributed by atoms with E-state index in [1.807, 2.05) is 0 Å². The summed E-state index contributed by atoms with van der Waals surface area (Å²) in [6.45, 7) is 15.7. The molecule has 0 aromatic heterocycles. The highest BCUT2D eigenvalue weighted by Gasteiger charge is 2.33. The molecule has 2 rings (SSSR count). The highest BCUT2D eigenvalue weighted by molar-refractivity contribution is 5.63. The summed E-state index contributed by atoms with van der Waals surface area (Å²) in [5.41, 5.74) is 5.69. The van der Waals surface area contributed by atoms with Crippen molar-refractivity contribution in [3.05, 3.63) is 41.5 Å². The molecule has 0 saturated carbocycles. The van der Waals surface area contributed by atoms with Gasteiger partial charge in [0.25, 0.3) is 0 Å². The summed E-state index contributed by atoms with van der Waals surface area (Å²) in [7, 11) is 0. The summed E-state index contributed by atoms with van der Waals surface area (Å²) < 4.78 is 0. The summed E-state index contributed by atoms with van der Waals surface area (Å²) in [6, 6.07) is 6.70. The van der Waals surface area contributed by atoms with Crippen LogP contribution in [0.1, 0.15) is 56.2 Å². The molecule has 20 heavy (non-hydrogen) atoms. The van der Waals surface area contributed by atoms with E-state index in [1.54, 1.807) is 0 Å². The molecule has 0 bridgehead atoms. The summed E-state index contributed by atoms with van der Waals surface area (Å²) in [5, 5.41) is 0. The zero-order valence-electron chi connectivity index (χ0n) is 13.6. The number of likely N-dealkylation sites (tertiary alicyclic amines) is 1. The molecule has 1 heterocycles. The predicted molar refractivity (Wildman–Crippen MR) is 88.8 cm³/mol.